The average molecular weight is 335 g/mol. The molecule has 2 rings (SSSR count). The Bertz CT molecular complexity index is 672. The van der Waals surface area contributed by atoms with Crippen LogP contribution in [0.3, 0.4) is 0 Å². The number of hydrogen-bond acceptors (Lipinski definition) is 3. The van der Waals surface area contributed by atoms with Gasteiger partial charge in [-0.05, 0) is 30.5 Å². The molecule has 0 aliphatic carbocycles. The minimum atomic E-state index is -0.196. The summed E-state index contributed by atoms with van der Waals surface area (Å²) in [6.07, 6.45) is 4.36. The van der Waals surface area contributed by atoms with E-state index in [4.69, 9.17) is 0 Å². The van der Waals surface area contributed by atoms with Crippen molar-refractivity contribution in [3.63, 3.8) is 0 Å². The number of hydrogen-bond donors (Lipinski definition) is 1. The van der Waals surface area contributed by atoms with E-state index in [1.807, 2.05) is 6.07 Å². The SMILES string of the molecule is CCCCN(C)C(=O)Nc1ncc(Cc2ccc(C)c(F)c2)s1. The second-order valence-corrected chi connectivity index (χ2v) is 6.71. The van der Waals surface area contributed by atoms with E-state index in [1.54, 1.807) is 37.2 Å². The number of nitrogens with zero attached hydrogens (tertiary/aromatic N) is 2. The van der Waals surface area contributed by atoms with Gasteiger partial charge in [-0.1, -0.05) is 25.5 Å². The zero-order valence-electron chi connectivity index (χ0n) is 13.7. The van der Waals surface area contributed by atoms with Crippen LogP contribution in [-0.4, -0.2) is 29.5 Å². The topological polar surface area (TPSA) is 45.2 Å². The Kier molecular flexibility index (Phi) is 6.10. The van der Waals surface area contributed by atoms with E-state index in [-0.39, 0.29) is 11.8 Å². The fraction of sp³-hybridized carbons (Fsp3) is 0.412. The second-order valence-electron chi connectivity index (χ2n) is 5.60. The van der Waals surface area contributed by atoms with Crippen molar-refractivity contribution in [2.45, 2.75) is 33.1 Å². The van der Waals surface area contributed by atoms with Gasteiger partial charge in [0, 0.05) is 31.1 Å². The molecule has 0 fully saturated rings. The van der Waals surface area contributed by atoms with E-state index in [0.717, 1.165) is 29.8 Å². The number of carbonyl (C=O) groups is 1. The Morgan fingerprint density at radius 2 is 2.22 bits per heavy atom. The van der Waals surface area contributed by atoms with Gasteiger partial charge in [-0.2, -0.15) is 0 Å². The van der Waals surface area contributed by atoms with Crippen LogP contribution in [-0.2, 0) is 6.42 Å². The maximum absolute atomic E-state index is 13.6. The summed E-state index contributed by atoms with van der Waals surface area (Å²) in [7, 11) is 1.77. The number of benzene rings is 1. The lowest BCUT2D eigenvalue weighted by Gasteiger charge is -2.16. The second kappa shape index (κ2) is 8.06. The van der Waals surface area contributed by atoms with Crippen molar-refractivity contribution in [2.75, 3.05) is 18.9 Å². The van der Waals surface area contributed by atoms with Gasteiger partial charge in [-0.25, -0.2) is 14.2 Å². The van der Waals surface area contributed by atoms with Crippen molar-refractivity contribution in [1.82, 2.24) is 9.88 Å². The fourth-order valence-corrected chi connectivity index (χ4v) is 2.91. The van der Waals surface area contributed by atoms with Crippen LogP contribution in [0.1, 0.15) is 35.8 Å². The van der Waals surface area contributed by atoms with Gasteiger partial charge < -0.3 is 4.90 Å². The molecule has 0 aliphatic rings. The van der Waals surface area contributed by atoms with Crippen LogP contribution in [0.25, 0.3) is 0 Å². The Labute approximate surface area is 140 Å². The first-order chi connectivity index (χ1) is 11.0. The maximum Gasteiger partial charge on any atom is 0.323 e. The van der Waals surface area contributed by atoms with Gasteiger partial charge in [0.2, 0.25) is 0 Å². The van der Waals surface area contributed by atoms with Crippen molar-refractivity contribution in [3.05, 3.63) is 46.2 Å². The lowest BCUT2D eigenvalue weighted by atomic mass is 10.1. The van der Waals surface area contributed by atoms with E-state index < -0.39 is 0 Å². The van der Waals surface area contributed by atoms with E-state index >= 15 is 0 Å². The Balaban J connectivity index is 1.95. The molecule has 0 bridgehead atoms. The molecule has 1 heterocycles. The molecular formula is C17H22FN3OS. The average Bonchev–Trinajstić information content (AvgIpc) is 2.95. The van der Waals surface area contributed by atoms with E-state index in [1.165, 1.54) is 11.3 Å². The molecular weight excluding hydrogens is 313 g/mol. The van der Waals surface area contributed by atoms with Crippen molar-refractivity contribution < 1.29 is 9.18 Å². The van der Waals surface area contributed by atoms with Gasteiger partial charge in [0.1, 0.15) is 5.82 Å². The molecule has 2 amide bonds. The predicted molar refractivity (Wildman–Crippen MR) is 92.6 cm³/mol. The van der Waals surface area contributed by atoms with Crippen LogP contribution >= 0.6 is 11.3 Å². The van der Waals surface area contributed by atoms with Crippen molar-refractivity contribution in [2.24, 2.45) is 0 Å². The van der Waals surface area contributed by atoms with Crippen LogP contribution in [0.5, 0.6) is 0 Å². The van der Waals surface area contributed by atoms with E-state index in [9.17, 15) is 9.18 Å². The molecule has 0 saturated heterocycles. The number of halogens is 1. The first-order valence-electron chi connectivity index (χ1n) is 7.71. The molecule has 0 saturated carbocycles. The lowest BCUT2D eigenvalue weighted by Crippen LogP contribution is -2.32. The van der Waals surface area contributed by atoms with Gasteiger partial charge in [0.25, 0.3) is 0 Å². The number of amides is 2. The highest BCUT2D eigenvalue weighted by molar-refractivity contribution is 7.15. The number of thiazole rings is 1. The smallest absolute Gasteiger partial charge is 0.323 e. The Morgan fingerprint density at radius 1 is 1.43 bits per heavy atom. The van der Waals surface area contributed by atoms with Crippen LogP contribution < -0.4 is 5.32 Å². The summed E-state index contributed by atoms with van der Waals surface area (Å²) in [5, 5.41) is 3.37. The molecule has 1 aromatic carbocycles. The summed E-state index contributed by atoms with van der Waals surface area (Å²) >= 11 is 1.42. The standard InChI is InChI=1S/C17H22FN3OS/c1-4-5-8-21(3)17(22)20-16-19-11-14(23-16)9-13-7-6-12(2)15(18)10-13/h6-7,10-11H,4-5,8-9H2,1-3H3,(H,19,20,22). The lowest BCUT2D eigenvalue weighted by molar-refractivity contribution is 0.222. The summed E-state index contributed by atoms with van der Waals surface area (Å²) in [5.41, 5.74) is 1.54. The van der Waals surface area contributed by atoms with Gasteiger partial charge in [0.15, 0.2) is 5.13 Å². The number of anilines is 1. The normalized spacial score (nSPS) is 10.6. The molecule has 0 atom stereocenters. The summed E-state index contributed by atoms with van der Waals surface area (Å²) < 4.78 is 13.6. The minimum Gasteiger partial charge on any atom is -0.328 e. The van der Waals surface area contributed by atoms with Crippen LogP contribution in [0, 0.1) is 12.7 Å². The first-order valence-corrected chi connectivity index (χ1v) is 8.53. The van der Waals surface area contributed by atoms with Gasteiger partial charge >= 0.3 is 6.03 Å². The molecule has 1 N–H and O–H groups in total. The summed E-state index contributed by atoms with van der Waals surface area (Å²) in [4.78, 5) is 18.9. The minimum absolute atomic E-state index is 0.152. The van der Waals surface area contributed by atoms with Crippen LogP contribution in [0.2, 0.25) is 0 Å². The zero-order chi connectivity index (χ0) is 16.8. The molecule has 0 radical (unpaired) electrons. The Morgan fingerprint density at radius 3 is 2.91 bits per heavy atom. The monoisotopic (exact) mass is 335 g/mol. The van der Waals surface area contributed by atoms with Gasteiger partial charge in [0.05, 0.1) is 0 Å². The predicted octanol–water partition coefficient (Wildman–Crippen LogP) is 4.45. The summed E-state index contributed by atoms with van der Waals surface area (Å²) in [6.45, 7) is 4.56. The van der Waals surface area contributed by atoms with Gasteiger partial charge in [-0.3, -0.25) is 5.32 Å². The summed E-state index contributed by atoms with van der Waals surface area (Å²) in [6, 6.07) is 5.08. The zero-order valence-corrected chi connectivity index (χ0v) is 14.5. The highest BCUT2D eigenvalue weighted by atomic mass is 32.1. The first kappa shape index (κ1) is 17.4. The van der Waals surface area contributed by atoms with E-state index in [2.05, 4.69) is 17.2 Å². The molecule has 0 aliphatic heterocycles. The third-order valence-corrected chi connectivity index (χ3v) is 4.49. The fourth-order valence-electron chi connectivity index (χ4n) is 2.08. The molecule has 6 heteroatoms. The Hall–Kier alpha value is -1.95. The van der Waals surface area contributed by atoms with Crippen molar-refractivity contribution in [1.29, 1.82) is 0 Å². The highest BCUT2D eigenvalue weighted by Crippen LogP contribution is 2.22. The van der Waals surface area contributed by atoms with E-state index in [0.29, 0.717) is 17.1 Å². The quantitative estimate of drug-likeness (QED) is 0.848. The number of aromatic nitrogens is 1. The number of urea groups is 1. The van der Waals surface area contributed by atoms with Crippen LogP contribution in [0.15, 0.2) is 24.4 Å². The van der Waals surface area contributed by atoms with Crippen molar-refractivity contribution in [3.8, 4) is 0 Å². The number of aryl methyl sites for hydroxylation is 1. The maximum atomic E-state index is 13.6. The molecule has 23 heavy (non-hydrogen) atoms. The molecule has 1 aromatic heterocycles. The number of nitrogens with one attached hydrogen (secondary N) is 1. The number of rotatable bonds is 6. The molecule has 4 nitrogen and oxygen atoms in total. The van der Waals surface area contributed by atoms with Gasteiger partial charge in [-0.15, -0.1) is 11.3 Å². The summed E-state index contributed by atoms with van der Waals surface area (Å²) in [5.74, 6) is -0.196. The van der Waals surface area contributed by atoms with Crippen molar-refractivity contribution >= 4 is 22.5 Å². The number of carbonyl (C=O) groups excluding carboxylic acids is 1. The molecule has 0 unspecified atom stereocenters. The largest absolute Gasteiger partial charge is 0.328 e. The highest BCUT2D eigenvalue weighted by Gasteiger charge is 2.11. The molecule has 124 valence electrons. The number of unbranched alkanes of at least 4 members (excludes halogenated alkanes) is 1. The molecule has 2 aromatic rings. The third-order valence-electron chi connectivity index (χ3n) is 3.58. The third kappa shape index (κ3) is 5.03. The van der Waals surface area contributed by atoms with Crippen LogP contribution in [0.4, 0.5) is 14.3 Å². The molecule has 0 spiro atoms.